The highest BCUT2D eigenvalue weighted by molar-refractivity contribution is 5.96. The van der Waals surface area contributed by atoms with Crippen LogP contribution in [0.3, 0.4) is 0 Å². The third kappa shape index (κ3) is 13.0. The summed E-state index contributed by atoms with van der Waals surface area (Å²) in [6.07, 6.45) is -1.49. The van der Waals surface area contributed by atoms with Crippen molar-refractivity contribution in [3.8, 4) is 5.75 Å². The fraction of sp³-hybridized carbons (Fsp3) is 0.533. The molecule has 0 saturated carbocycles. The van der Waals surface area contributed by atoms with Crippen molar-refractivity contribution < 1.29 is 58.8 Å². The first-order valence-corrected chi connectivity index (χ1v) is 15.4. The molecule has 1 aromatic carbocycles. The van der Waals surface area contributed by atoms with Crippen molar-refractivity contribution in [2.45, 2.75) is 82.3 Å². The van der Waals surface area contributed by atoms with Crippen LogP contribution < -0.4 is 32.3 Å². The quantitative estimate of drug-likeness (QED) is 0.0709. The lowest BCUT2D eigenvalue weighted by atomic mass is 10.0. The summed E-state index contributed by atoms with van der Waals surface area (Å²) in [4.78, 5) is 100. The second kappa shape index (κ2) is 18.9. The van der Waals surface area contributed by atoms with Gasteiger partial charge >= 0.3 is 11.9 Å². The van der Waals surface area contributed by atoms with Crippen LogP contribution in [-0.4, -0.2) is 129 Å². The zero-order valence-corrected chi connectivity index (χ0v) is 27.0. The molecule has 1 fully saturated rings. The summed E-state index contributed by atoms with van der Waals surface area (Å²) in [5.74, 6) is -7.31. The van der Waals surface area contributed by atoms with E-state index in [4.69, 9.17) is 15.9 Å². The Bertz CT molecular complexity index is 1390. The van der Waals surface area contributed by atoms with E-state index < -0.39 is 103 Å². The number of phenols is 1. The third-order valence-electron chi connectivity index (χ3n) is 7.57. The standard InChI is InChI=1S/C30H43N7O12/c1-15(34-28(47)19(9-10-23(41)42)35-30(49)25(31)16(2)38)26(45)32-13-22(40)37-11-3-4-21(37)29(48)36-20(27(46)33-14-24(43)44)12-17-5-7-18(39)8-6-17/h5-8,15-16,19-21,25,38-39H,3-4,9-14,31H2,1-2H3,(H,32,45)(H,33,46)(H,34,47)(H,35,49)(H,36,48)(H,41,42)(H,43,44)/t15-,16+,19-,20-,21-,25-/m0/s1. The molecule has 0 spiro atoms. The summed E-state index contributed by atoms with van der Waals surface area (Å²) in [5.41, 5.74) is 6.13. The van der Waals surface area contributed by atoms with Gasteiger partial charge < -0.3 is 57.6 Å². The number of aliphatic hydroxyl groups excluding tert-OH is 1. The van der Waals surface area contributed by atoms with Gasteiger partial charge in [0.25, 0.3) is 0 Å². The lowest BCUT2D eigenvalue weighted by Crippen LogP contribution is -2.57. The van der Waals surface area contributed by atoms with E-state index in [1.807, 2.05) is 0 Å². The molecule has 0 aromatic heterocycles. The molecule has 19 heteroatoms. The number of nitrogens with zero attached hydrogens (tertiary/aromatic N) is 1. The predicted octanol–water partition coefficient (Wildman–Crippen LogP) is -3.71. The summed E-state index contributed by atoms with van der Waals surface area (Å²) >= 11 is 0. The smallest absolute Gasteiger partial charge is 0.322 e. The highest BCUT2D eigenvalue weighted by atomic mass is 16.4. The van der Waals surface area contributed by atoms with Crippen molar-refractivity contribution in [1.82, 2.24) is 31.5 Å². The molecule has 0 radical (unpaired) electrons. The Labute approximate surface area is 281 Å². The zero-order valence-electron chi connectivity index (χ0n) is 27.0. The van der Waals surface area contributed by atoms with Crippen LogP contribution in [0.2, 0.25) is 0 Å². The van der Waals surface area contributed by atoms with E-state index in [1.165, 1.54) is 43.0 Å². The topological polar surface area (TPSA) is 307 Å². The van der Waals surface area contributed by atoms with Crippen molar-refractivity contribution in [3.63, 3.8) is 0 Å². The van der Waals surface area contributed by atoms with Crippen molar-refractivity contribution >= 4 is 47.4 Å². The largest absolute Gasteiger partial charge is 0.508 e. The van der Waals surface area contributed by atoms with Crippen LogP contribution in [0.5, 0.6) is 5.75 Å². The van der Waals surface area contributed by atoms with Gasteiger partial charge in [0.15, 0.2) is 0 Å². The number of nitrogens with one attached hydrogen (secondary N) is 5. The van der Waals surface area contributed by atoms with Crippen LogP contribution in [0, 0.1) is 0 Å². The molecule has 1 saturated heterocycles. The van der Waals surface area contributed by atoms with Gasteiger partial charge in [0.2, 0.25) is 35.4 Å². The number of phenolic OH excluding ortho intramolecular Hbond substituents is 1. The van der Waals surface area contributed by atoms with Crippen LogP contribution in [0.1, 0.15) is 45.1 Å². The second-order valence-corrected chi connectivity index (χ2v) is 11.5. The Balaban J connectivity index is 2.01. The highest BCUT2D eigenvalue weighted by Crippen LogP contribution is 2.18. The van der Waals surface area contributed by atoms with Crippen LogP contribution in [0.15, 0.2) is 24.3 Å². The zero-order chi connectivity index (χ0) is 36.8. The summed E-state index contributed by atoms with van der Waals surface area (Å²) in [7, 11) is 0. The number of carbonyl (C=O) groups excluding carboxylic acids is 6. The maximum absolute atomic E-state index is 13.3. The minimum atomic E-state index is -1.40. The number of likely N-dealkylation sites (tertiary alicyclic amines) is 1. The molecule has 6 amide bonds. The number of benzene rings is 1. The molecule has 0 unspecified atom stereocenters. The summed E-state index contributed by atoms with van der Waals surface area (Å²) in [5, 5.41) is 48.8. The highest BCUT2D eigenvalue weighted by Gasteiger charge is 2.36. The van der Waals surface area contributed by atoms with Crippen molar-refractivity contribution in [2.75, 3.05) is 19.6 Å². The molecular weight excluding hydrogens is 650 g/mol. The second-order valence-electron chi connectivity index (χ2n) is 11.5. The molecule has 270 valence electrons. The number of amides is 6. The monoisotopic (exact) mass is 693 g/mol. The number of carboxylic acids is 2. The molecule has 11 N–H and O–H groups in total. The number of rotatable bonds is 18. The minimum Gasteiger partial charge on any atom is -0.508 e. The Morgan fingerprint density at radius 3 is 2.06 bits per heavy atom. The van der Waals surface area contributed by atoms with Gasteiger partial charge in [-0.25, -0.2) is 0 Å². The van der Waals surface area contributed by atoms with Gasteiger partial charge in [-0.15, -0.1) is 0 Å². The first-order valence-electron chi connectivity index (χ1n) is 15.4. The van der Waals surface area contributed by atoms with Crippen LogP contribution >= 0.6 is 0 Å². The minimum absolute atomic E-state index is 0.0220. The van der Waals surface area contributed by atoms with Crippen molar-refractivity contribution in [2.24, 2.45) is 5.73 Å². The Morgan fingerprint density at radius 1 is 0.837 bits per heavy atom. The van der Waals surface area contributed by atoms with E-state index in [0.717, 1.165) is 0 Å². The van der Waals surface area contributed by atoms with Crippen molar-refractivity contribution in [3.05, 3.63) is 29.8 Å². The predicted molar refractivity (Wildman–Crippen MR) is 168 cm³/mol. The SMILES string of the molecule is C[C@H](NC(=O)[C@H](CCC(=O)O)NC(=O)[C@@H](N)[C@@H](C)O)C(=O)NCC(=O)N1CCC[C@H]1C(=O)N[C@@H](Cc1ccc(O)cc1)C(=O)NCC(=O)O. The number of hydrogen-bond donors (Lipinski definition) is 10. The molecule has 6 atom stereocenters. The molecule has 0 bridgehead atoms. The number of nitrogens with two attached hydrogens (primary N) is 1. The molecule has 2 rings (SSSR count). The summed E-state index contributed by atoms with van der Waals surface area (Å²) in [6, 6.07) is -0.476. The fourth-order valence-corrected chi connectivity index (χ4v) is 4.79. The number of aromatic hydroxyl groups is 1. The number of hydrogen-bond acceptors (Lipinski definition) is 11. The van der Waals surface area contributed by atoms with Gasteiger partial charge in [-0.1, -0.05) is 12.1 Å². The van der Waals surface area contributed by atoms with E-state index in [-0.39, 0.29) is 31.6 Å². The maximum atomic E-state index is 13.3. The van der Waals surface area contributed by atoms with Gasteiger partial charge in [0.05, 0.1) is 12.6 Å². The molecule has 19 nitrogen and oxygen atoms in total. The van der Waals surface area contributed by atoms with E-state index in [9.17, 15) is 48.6 Å². The number of carboxylic acid groups (broad SMARTS) is 2. The molecule has 1 aliphatic rings. The average Bonchev–Trinajstić information content (AvgIpc) is 3.54. The van der Waals surface area contributed by atoms with Crippen LogP contribution in [0.25, 0.3) is 0 Å². The average molecular weight is 694 g/mol. The van der Waals surface area contributed by atoms with Crippen LogP contribution in [-0.2, 0) is 44.8 Å². The first kappa shape index (κ1) is 39.9. The molecular formula is C30H43N7O12. The van der Waals surface area contributed by atoms with Crippen LogP contribution in [0.4, 0.5) is 0 Å². The molecule has 49 heavy (non-hydrogen) atoms. The van der Waals surface area contributed by atoms with Gasteiger partial charge in [-0.05, 0) is 50.8 Å². The molecule has 1 aliphatic heterocycles. The molecule has 0 aliphatic carbocycles. The third-order valence-corrected chi connectivity index (χ3v) is 7.57. The summed E-state index contributed by atoms with van der Waals surface area (Å²) < 4.78 is 0. The normalized spacial score (nSPS) is 17.0. The molecule has 1 heterocycles. The number of carbonyl (C=O) groups is 8. The van der Waals surface area contributed by atoms with E-state index in [0.29, 0.717) is 12.0 Å². The van der Waals surface area contributed by atoms with E-state index in [1.54, 1.807) is 0 Å². The first-order chi connectivity index (χ1) is 23.0. The number of aliphatic hydroxyl groups is 1. The van der Waals surface area contributed by atoms with Gasteiger partial charge in [0.1, 0.15) is 42.5 Å². The van der Waals surface area contributed by atoms with Gasteiger partial charge in [-0.2, -0.15) is 0 Å². The van der Waals surface area contributed by atoms with E-state index >= 15 is 0 Å². The Hall–Kier alpha value is -5.30. The van der Waals surface area contributed by atoms with Crippen molar-refractivity contribution in [1.29, 1.82) is 0 Å². The Morgan fingerprint density at radius 2 is 1.47 bits per heavy atom. The summed E-state index contributed by atoms with van der Waals surface area (Å²) in [6.45, 7) is 1.43. The fourth-order valence-electron chi connectivity index (χ4n) is 4.79. The lowest BCUT2D eigenvalue weighted by Gasteiger charge is -2.27. The van der Waals surface area contributed by atoms with Gasteiger partial charge in [-0.3, -0.25) is 38.4 Å². The van der Waals surface area contributed by atoms with E-state index in [2.05, 4.69) is 26.6 Å². The Kier molecular flexibility index (Phi) is 15.4. The van der Waals surface area contributed by atoms with Gasteiger partial charge in [0, 0.05) is 19.4 Å². The molecule has 1 aromatic rings. The number of aliphatic carboxylic acids is 2. The maximum Gasteiger partial charge on any atom is 0.322 e. The lowest BCUT2D eigenvalue weighted by molar-refractivity contribution is -0.140.